The van der Waals surface area contributed by atoms with Crippen LogP contribution in [-0.4, -0.2) is 11.5 Å². The Kier molecular flexibility index (Phi) is 2.35. The van der Waals surface area contributed by atoms with Crippen molar-refractivity contribution in [2.75, 3.05) is 0 Å². The zero-order valence-electron chi connectivity index (χ0n) is 8.29. The molecule has 2 rings (SSSR count). The summed E-state index contributed by atoms with van der Waals surface area (Å²) in [5.41, 5.74) is 5.92. The predicted octanol–water partition coefficient (Wildman–Crippen LogP) is 2.83. The maximum absolute atomic E-state index is 12.6. The Morgan fingerprint density at radius 2 is 1.73 bits per heavy atom. The molecule has 1 fully saturated rings. The molecule has 0 heterocycles. The van der Waals surface area contributed by atoms with Gasteiger partial charge < -0.3 is 5.73 Å². The highest BCUT2D eigenvalue weighted by Gasteiger charge is 2.52. The molecule has 1 saturated carbocycles. The highest BCUT2D eigenvalue weighted by Crippen LogP contribution is 2.44. The molecular formula is C12H13F2N. The first kappa shape index (κ1) is 10.3. The van der Waals surface area contributed by atoms with Crippen molar-refractivity contribution < 1.29 is 8.78 Å². The first-order valence-electron chi connectivity index (χ1n) is 4.90. The minimum Gasteiger partial charge on any atom is -0.322 e. The van der Waals surface area contributed by atoms with Gasteiger partial charge in [0.25, 0.3) is 5.92 Å². The van der Waals surface area contributed by atoms with Crippen LogP contribution in [0.3, 0.4) is 0 Å². The molecule has 1 aromatic rings. The third-order valence-corrected chi connectivity index (χ3v) is 2.58. The molecule has 1 aliphatic rings. The van der Waals surface area contributed by atoms with Crippen LogP contribution in [-0.2, 0) is 0 Å². The van der Waals surface area contributed by atoms with Crippen LogP contribution in [0.2, 0.25) is 0 Å². The summed E-state index contributed by atoms with van der Waals surface area (Å²) < 4.78 is 25.3. The van der Waals surface area contributed by atoms with Crippen molar-refractivity contribution >= 4 is 6.08 Å². The van der Waals surface area contributed by atoms with Gasteiger partial charge in [-0.25, -0.2) is 8.78 Å². The van der Waals surface area contributed by atoms with Crippen molar-refractivity contribution in [2.45, 2.75) is 24.3 Å². The number of halogens is 2. The normalized spacial score (nSPS) is 22.6. The van der Waals surface area contributed by atoms with Gasteiger partial charge in [0.05, 0.1) is 0 Å². The van der Waals surface area contributed by atoms with E-state index in [0.717, 1.165) is 5.56 Å². The molecular weight excluding hydrogens is 196 g/mol. The predicted molar refractivity (Wildman–Crippen MR) is 56.6 cm³/mol. The third-order valence-electron chi connectivity index (χ3n) is 2.58. The van der Waals surface area contributed by atoms with E-state index in [-0.39, 0.29) is 12.8 Å². The maximum Gasteiger partial charge on any atom is 0.252 e. The summed E-state index contributed by atoms with van der Waals surface area (Å²) in [6.45, 7) is 0. The Morgan fingerprint density at radius 1 is 1.13 bits per heavy atom. The van der Waals surface area contributed by atoms with Gasteiger partial charge in [0, 0.05) is 18.4 Å². The molecule has 1 nitrogen and oxygen atoms in total. The molecule has 0 atom stereocenters. The van der Waals surface area contributed by atoms with E-state index in [1.807, 2.05) is 30.3 Å². The fraction of sp³-hybridized carbons (Fsp3) is 0.333. The summed E-state index contributed by atoms with van der Waals surface area (Å²) in [4.78, 5) is 0. The lowest BCUT2D eigenvalue weighted by atomic mass is 9.74. The van der Waals surface area contributed by atoms with Crippen molar-refractivity contribution in [1.29, 1.82) is 0 Å². The standard InChI is InChI=1S/C12H13F2N/c13-12(14)8-11(15,9-12)7-6-10-4-2-1-3-5-10/h1-7H,8-9,15H2/b7-6+. The van der Waals surface area contributed by atoms with Crippen LogP contribution >= 0.6 is 0 Å². The van der Waals surface area contributed by atoms with E-state index in [9.17, 15) is 8.78 Å². The van der Waals surface area contributed by atoms with E-state index >= 15 is 0 Å². The van der Waals surface area contributed by atoms with Gasteiger partial charge in [-0.1, -0.05) is 42.5 Å². The SMILES string of the molecule is NC1(/C=C/c2ccccc2)CC(F)(F)C1. The van der Waals surface area contributed by atoms with Crippen LogP contribution in [0.4, 0.5) is 8.78 Å². The summed E-state index contributed by atoms with van der Waals surface area (Å²) >= 11 is 0. The van der Waals surface area contributed by atoms with E-state index in [1.54, 1.807) is 12.2 Å². The molecule has 0 aliphatic heterocycles. The maximum atomic E-state index is 12.6. The molecule has 0 saturated heterocycles. The minimum atomic E-state index is -2.57. The van der Waals surface area contributed by atoms with Crippen molar-refractivity contribution in [3.8, 4) is 0 Å². The van der Waals surface area contributed by atoms with Crippen LogP contribution in [0.15, 0.2) is 36.4 Å². The van der Waals surface area contributed by atoms with Gasteiger partial charge in [0.2, 0.25) is 0 Å². The lowest BCUT2D eigenvalue weighted by molar-refractivity contribution is -0.106. The molecule has 0 bridgehead atoms. The van der Waals surface area contributed by atoms with Crippen LogP contribution in [0.5, 0.6) is 0 Å². The van der Waals surface area contributed by atoms with Crippen molar-refractivity contribution in [2.24, 2.45) is 5.73 Å². The van der Waals surface area contributed by atoms with E-state index in [4.69, 9.17) is 5.73 Å². The second-order valence-corrected chi connectivity index (χ2v) is 4.19. The van der Waals surface area contributed by atoms with Crippen LogP contribution < -0.4 is 5.73 Å². The Hall–Kier alpha value is -1.22. The van der Waals surface area contributed by atoms with Crippen molar-refractivity contribution in [1.82, 2.24) is 0 Å². The summed E-state index contributed by atoms with van der Waals surface area (Å²) in [7, 11) is 0. The molecule has 0 aromatic heterocycles. The Morgan fingerprint density at radius 3 is 2.27 bits per heavy atom. The van der Waals surface area contributed by atoms with Gasteiger partial charge in [-0.2, -0.15) is 0 Å². The van der Waals surface area contributed by atoms with E-state index < -0.39 is 11.5 Å². The van der Waals surface area contributed by atoms with Crippen molar-refractivity contribution in [3.05, 3.63) is 42.0 Å². The molecule has 80 valence electrons. The lowest BCUT2D eigenvalue weighted by Crippen LogP contribution is -2.56. The van der Waals surface area contributed by atoms with Gasteiger partial charge in [-0.15, -0.1) is 0 Å². The minimum absolute atomic E-state index is 0.247. The molecule has 1 aromatic carbocycles. The summed E-state index contributed by atoms with van der Waals surface area (Å²) in [5.74, 6) is -2.57. The number of rotatable bonds is 2. The Balaban J connectivity index is 2.02. The van der Waals surface area contributed by atoms with E-state index in [1.165, 1.54) is 0 Å². The number of hydrogen-bond acceptors (Lipinski definition) is 1. The molecule has 3 heteroatoms. The monoisotopic (exact) mass is 209 g/mol. The number of benzene rings is 1. The fourth-order valence-corrected chi connectivity index (χ4v) is 1.86. The van der Waals surface area contributed by atoms with Crippen molar-refractivity contribution in [3.63, 3.8) is 0 Å². The zero-order chi connectivity index (χ0) is 10.9. The second kappa shape index (κ2) is 3.42. The molecule has 0 radical (unpaired) electrons. The first-order valence-corrected chi connectivity index (χ1v) is 4.90. The van der Waals surface area contributed by atoms with Crippen LogP contribution in [0.25, 0.3) is 6.08 Å². The number of nitrogens with two attached hydrogens (primary N) is 1. The Bertz CT molecular complexity index is 362. The van der Waals surface area contributed by atoms with Gasteiger partial charge in [-0.05, 0) is 5.56 Å². The highest BCUT2D eigenvalue weighted by molar-refractivity contribution is 5.51. The smallest absolute Gasteiger partial charge is 0.252 e. The topological polar surface area (TPSA) is 26.0 Å². The average molecular weight is 209 g/mol. The summed E-state index contributed by atoms with van der Waals surface area (Å²) in [5, 5.41) is 0. The van der Waals surface area contributed by atoms with Crippen LogP contribution in [0, 0.1) is 0 Å². The van der Waals surface area contributed by atoms with Crippen LogP contribution in [0.1, 0.15) is 18.4 Å². The highest BCUT2D eigenvalue weighted by atomic mass is 19.3. The summed E-state index contributed by atoms with van der Waals surface area (Å²) in [6, 6.07) is 9.54. The third kappa shape index (κ3) is 2.42. The molecule has 2 N–H and O–H groups in total. The van der Waals surface area contributed by atoms with Gasteiger partial charge in [0.15, 0.2) is 0 Å². The average Bonchev–Trinajstić information content (AvgIpc) is 2.13. The summed E-state index contributed by atoms with van der Waals surface area (Å²) in [6.07, 6.45) is 2.99. The molecule has 15 heavy (non-hydrogen) atoms. The molecule has 1 aliphatic carbocycles. The van der Waals surface area contributed by atoms with Gasteiger partial charge in [0.1, 0.15) is 0 Å². The Labute approximate surface area is 87.6 Å². The largest absolute Gasteiger partial charge is 0.322 e. The fourth-order valence-electron chi connectivity index (χ4n) is 1.86. The zero-order valence-corrected chi connectivity index (χ0v) is 8.29. The second-order valence-electron chi connectivity index (χ2n) is 4.19. The number of alkyl halides is 2. The molecule has 0 spiro atoms. The lowest BCUT2D eigenvalue weighted by Gasteiger charge is -2.42. The molecule has 0 amide bonds. The first-order chi connectivity index (χ1) is 6.99. The number of hydrogen-bond donors (Lipinski definition) is 1. The van der Waals surface area contributed by atoms with E-state index in [0.29, 0.717) is 0 Å². The van der Waals surface area contributed by atoms with Gasteiger partial charge in [-0.3, -0.25) is 0 Å². The quantitative estimate of drug-likeness (QED) is 0.796. The van der Waals surface area contributed by atoms with E-state index in [2.05, 4.69) is 0 Å². The van der Waals surface area contributed by atoms with Gasteiger partial charge >= 0.3 is 0 Å². The molecule has 0 unspecified atom stereocenters.